The Balaban J connectivity index is 2.08. The van der Waals surface area contributed by atoms with E-state index in [-0.39, 0.29) is 17.3 Å². The van der Waals surface area contributed by atoms with Crippen molar-refractivity contribution in [1.82, 2.24) is 10.2 Å². The van der Waals surface area contributed by atoms with Crippen molar-refractivity contribution in [1.29, 1.82) is 0 Å². The van der Waals surface area contributed by atoms with Gasteiger partial charge in [0, 0.05) is 12.8 Å². The highest BCUT2D eigenvalue weighted by Gasteiger charge is 2.32. The summed E-state index contributed by atoms with van der Waals surface area (Å²) in [5.74, 6) is 0.197. The van der Waals surface area contributed by atoms with E-state index in [0.29, 0.717) is 5.56 Å². The first kappa shape index (κ1) is 17.2. The predicted molar refractivity (Wildman–Crippen MR) is 78.6 cm³/mol. The van der Waals surface area contributed by atoms with E-state index in [1.54, 1.807) is 19.1 Å². The molecule has 2 rings (SSSR count). The summed E-state index contributed by atoms with van der Waals surface area (Å²) in [4.78, 5) is 0.246. The van der Waals surface area contributed by atoms with Crippen molar-refractivity contribution >= 4 is 15.7 Å². The maximum absolute atomic E-state index is 12.4. The molecule has 0 saturated heterocycles. The molecule has 124 valence electrons. The standard InChI is InChI=1S/C14H14F3N3O2S/c1-9-7-10(3-4-11(9)23(2,21)22)8-18-13-6-5-12(19-20-13)14(15,16)17/h3-7H,8H2,1-2H3,(H,18,20). The topological polar surface area (TPSA) is 72.0 Å². The molecule has 0 amide bonds. The fourth-order valence-corrected chi connectivity index (χ4v) is 2.97. The first-order valence-electron chi connectivity index (χ1n) is 6.52. The van der Waals surface area contributed by atoms with E-state index in [4.69, 9.17) is 0 Å². The van der Waals surface area contributed by atoms with Crippen molar-refractivity contribution in [2.24, 2.45) is 0 Å². The molecule has 23 heavy (non-hydrogen) atoms. The lowest BCUT2D eigenvalue weighted by molar-refractivity contribution is -0.141. The molecule has 5 nitrogen and oxygen atoms in total. The Hall–Kier alpha value is -2.16. The Morgan fingerprint density at radius 1 is 1.13 bits per heavy atom. The lowest BCUT2D eigenvalue weighted by Gasteiger charge is -2.09. The highest BCUT2D eigenvalue weighted by Crippen LogP contribution is 2.27. The predicted octanol–water partition coefficient (Wildman–Crippen LogP) is 2.82. The summed E-state index contributed by atoms with van der Waals surface area (Å²) in [6.45, 7) is 1.96. The van der Waals surface area contributed by atoms with E-state index < -0.39 is 21.7 Å². The number of hydrogen-bond acceptors (Lipinski definition) is 5. The first-order chi connectivity index (χ1) is 10.6. The number of hydrogen-bond donors (Lipinski definition) is 1. The van der Waals surface area contributed by atoms with E-state index >= 15 is 0 Å². The molecule has 0 aliphatic carbocycles. The molecule has 2 aromatic rings. The van der Waals surface area contributed by atoms with Gasteiger partial charge in [0.1, 0.15) is 5.82 Å². The Morgan fingerprint density at radius 3 is 2.30 bits per heavy atom. The average molecular weight is 345 g/mol. The fraction of sp³-hybridized carbons (Fsp3) is 0.286. The van der Waals surface area contributed by atoms with Crippen molar-refractivity contribution in [2.75, 3.05) is 11.6 Å². The Kier molecular flexibility index (Phi) is 4.60. The smallest absolute Gasteiger partial charge is 0.365 e. The molecule has 0 spiro atoms. The third-order valence-corrected chi connectivity index (χ3v) is 4.32. The number of sulfone groups is 1. The van der Waals surface area contributed by atoms with Crippen LogP contribution in [0, 0.1) is 6.92 Å². The third-order valence-electron chi connectivity index (χ3n) is 3.07. The van der Waals surface area contributed by atoms with Crippen LogP contribution in [0.3, 0.4) is 0 Å². The van der Waals surface area contributed by atoms with Gasteiger partial charge in [-0.2, -0.15) is 13.2 Å². The van der Waals surface area contributed by atoms with Crippen molar-refractivity contribution < 1.29 is 21.6 Å². The van der Waals surface area contributed by atoms with E-state index in [9.17, 15) is 21.6 Å². The van der Waals surface area contributed by atoms with Gasteiger partial charge in [0.05, 0.1) is 4.90 Å². The van der Waals surface area contributed by atoms with Gasteiger partial charge >= 0.3 is 6.18 Å². The number of aromatic nitrogens is 2. The SMILES string of the molecule is Cc1cc(CNc2ccc(C(F)(F)F)nn2)ccc1S(C)(=O)=O. The lowest BCUT2D eigenvalue weighted by atomic mass is 10.1. The van der Waals surface area contributed by atoms with Gasteiger partial charge in [0.2, 0.25) is 0 Å². The summed E-state index contributed by atoms with van der Waals surface area (Å²) in [6, 6.07) is 6.86. The van der Waals surface area contributed by atoms with Gasteiger partial charge in [0.15, 0.2) is 15.5 Å². The van der Waals surface area contributed by atoms with Crippen molar-refractivity contribution in [3.8, 4) is 0 Å². The number of aryl methyl sites for hydroxylation is 1. The van der Waals surface area contributed by atoms with E-state index in [1.165, 1.54) is 12.1 Å². The minimum absolute atomic E-state index is 0.197. The monoisotopic (exact) mass is 345 g/mol. The fourth-order valence-electron chi connectivity index (χ4n) is 2.01. The molecule has 0 unspecified atom stereocenters. The largest absolute Gasteiger partial charge is 0.435 e. The second-order valence-electron chi connectivity index (χ2n) is 5.03. The molecule has 1 N–H and O–H groups in total. The van der Waals surface area contributed by atoms with Crippen molar-refractivity contribution in [2.45, 2.75) is 24.5 Å². The van der Waals surface area contributed by atoms with Crippen LogP contribution in [0.25, 0.3) is 0 Å². The number of halogens is 3. The van der Waals surface area contributed by atoms with Crippen LogP contribution in [-0.4, -0.2) is 24.9 Å². The first-order valence-corrected chi connectivity index (χ1v) is 8.41. The molecule has 1 aromatic carbocycles. The van der Waals surface area contributed by atoms with E-state index in [1.807, 2.05) is 0 Å². The molecular weight excluding hydrogens is 331 g/mol. The van der Waals surface area contributed by atoms with Gasteiger partial charge < -0.3 is 5.32 Å². The second kappa shape index (κ2) is 6.15. The van der Waals surface area contributed by atoms with Crippen LogP contribution in [0.1, 0.15) is 16.8 Å². The molecule has 0 saturated carbocycles. The minimum atomic E-state index is -4.52. The van der Waals surface area contributed by atoms with Gasteiger partial charge in [-0.15, -0.1) is 10.2 Å². The van der Waals surface area contributed by atoms with Crippen LogP contribution >= 0.6 is 0 Å². The summed E-state index contributed by atoms with van der Waals surface area (Å²) >= 11 is 0. The van der Waals surface area contributed by atoms with Crippen molar-refractivity contribution in [3.63, 3.8) is 0 Å². The average Bonchev–Trinajstić information content (AvgIpc) is 2.43. The zero-order chi connectivity index (χ0) is 17.3. The maximum Gasteiger partial charge on any atom is 0.435 e. The quantitative estimate of drug-likeness (QED) is 0.922. The van der Waals surface area contributed by atoms with Gasteiger partial charge in [-0.1, -0.05) is 12.1 Å². The molecule has 0 fully saturated rings. The number of nitrogens with one attached hydrogen (secondary N) is 1. The van der Waals surface area contributed by atoms with Crippen LogP contribution in [0.4, 0.5) is 19.0 Å². The molecule has 0 radical (unpaired) electrons. The van der Waals surface area contributed by atoms with Crippen LogP contribution < -0.4 is 5.32 Å². The molecule has 0 aliphatic heterocycles. The van der Waals surface area contributed by atoms with Gasteiger partial charge in [-0.25, -0.2) is 8.42 Å². The number of rotatable bonds is 4. The number of benzene rings is 1. The molecule has 0 aliphatic rings. The van der Waals surface area contributed by atoms with Crippen molar-refractivity contribution in [3.05, 3.63) is 47.2 Å². The summed E-state index contributed by atoms with van der Waals surface area (Å²) < 4.78 is 60.2. The Labute approximate surface area is 131 Å². The summed E-state index contributed by atoms with van der Waals surface area (Å²) in [7, 11) is -3.29. The highest BCUT2D eigenvalue weighted by molar-refractivity contribution is 7.90. The van der Waals surface area contributed by atoms with Gasteiger partial charge in [-0.05, 0) is 36.2 Å². The molecular formula is C14H14F3N3O2S. The molecule has 0 bridgehead atoms. The normalized spacial score (nSPS) is 12.2. The summed E-state index contributed by atoms with van der Waals surface area (Å²) in [6.07, 6.45) is -3.39. The maximum atomic E-state index is 12.4. The van der Waals surface area contributed by atoms with Crippen LogP contribution in [0.15, 0.2) is 35.2 Å². The second-order valence-corrected chi connectivity index (χ2v) is 7.01. The molecule has 1 aromatic heterocycles. The number of alkyl halides is 3. The number of anilines is 1. The van der Waals surface area contributed by atoms with Crippen LogP contribution in [0.2, 0.25) is 0 Å². The summed E-state index contributed by atoms with van der Waals surface area (Å²) in [5, 5.41) is 9.41. The molecule has 1 heterocycles. The zero-order valence-electron chi connectivity index (χ0n) is 12.3. The Morgan fingerprint density at radius 2 is 1.83 bits per heavy atom. The van der Waals surface area contributed by atoms with Gasteiger partial charge in [-0.3, -0.25) is 0 Å². The van der Waals surface area contributed by atoms with Gasteiger partial charge in [0.25, 0.3) is 0 Å². The minimum Gasteiger partial charge on any atom is -0.365 e. The third kappa shape index (κ3) is 4.41. The summed E-state index contributed by atoms with van der Waals surface area (Å²) in [5.41, 5.74) is 0.318. The van der Waals surface area contributed by atoms with Crippen LogP contribution in [-0.2, 0) is 22.6 Å². The zero-order valence-corrected chi connectivity index (χ0v) is 13.2. The Bertz CT molecular complexity index is 803. The van der Waals surface area contributed by atoms with Crippen LogP contribution in [0.5, 0.6) is 0 Å². The van der Waals surface area contributed by atoms with E-state index in [2.05, 4.69) is 15.5 Å². The lowest BCUT2D eigenvalue weighted by Crippen LogP contribution is -2.10. The van der Waals surface area contributed by atoms with E-state index in [0.717, 1.165) is 17.9 Å². The molecule has 9 heteroatoms. The number of nitrogens with zero attached hydrogens (tertiary/aromatic N) is 2. The highest BCUT2D eigenvalue weighted by atomic mass is 32.2. The molecule has 0 atom stereocenters.